The van der Waals surface area contributed by atoms with Gasteiger partial charge in [0.2, 0.25) is 11.6 Å². The number of ether oxygens (including phenoxy) is 3. The Morgan fingerprint density at radius 2 is 1.81 bits per heavy atom. The number of hydrogen-bond donors (Lipinski definition) is 0. The van der Waals surface area contributed by atoms with Crippen LogP contribution in [0.5, 0.6) is 11.6 Å². The predicted molar refractivity (Wildman–Crippen MR) is 116 cm³/mol. The minimum Gasteiger partial charge on any atom is -0.497 e. The van der Waals surface area contributed by atoms with Crippen LogP contribution in [0, 0.1) is 5.41 Å². The van der Waals surface area contributed by atoms with Crippen molar-refractivity contribution in [1.29, 1.82) is 0 Å². The Kier molecular flexibility index (Phi) is 6.78. The molecular formula is C24H33N3O4. The van der Waals surface area contributed by atoms with Crippen LogP contribution in [0.3, 0.4) is 0 Å². The zero-order valence-corrected chi connectivity index (χ0v) is 18.6. The lowest BCUT2D eigenvalue weighted by Gasteiger charge is -2.42. The van der Waals surface area contributed by atoms with E-state index in [1.54, 1.807) is 18.7 Å². The summed E-state index contributed by atoms with van der Waals surface area (Å²) in [7, 11) is 1.64. The van der Waals surface area contributed by atoms with Gasteiger partial charge >= 0.3 is 5.97 Å². The molecule has 2 aliphatic rings. The standard InChI is InChI=1S/C24H33N3O4/c1-3-30-23(28)21-22(27(26-25-21)17-18-7-9-19(29-2)10-8-18)31-20-11-15-24(16-12-20)13-5-4-6-14-24/h7-10,20H,3-6,11-17H2,1-2H3. The topological polar surface area (TPSA) is 75.5 Å². The van der Waals surface area contributed by atoms with Gasteiger partial charge in [0, 0.05) is 0 Å². The number of carbonyl (C=O) groups excluding carboxylic acids is 1. The highest BCUT2D eigenvalue weighted by atomic mass is 16.5. The summed E-state index contributed by atoms with van der Waals surface area (Å²) in [6.45, 7) is 2.53. The van der Waals surface area contributed by atoms with Crippen molar-refractivity contribution < 1.29 is 19.0 Å². The molecule has 2 aromatic rings. The van der Waals surface area contributed by atoms with Gasteiger partial charge in [0.25, 0.3) is 0 Å². The van der Waals surface area contributed by atoms with Crippen molar-refractivity contribution >= 4 is 5.97 Å². The fraction of sp³-hybridized carbons (Fsp3) is 0.625. The summed E-state index contributed by atoms with van der Waals surface area (Å²) in [4.78, 5) is 12.5. The molecule has 0 radical (unpaired) electrons. The Morgan fingerprint density at radius 1 is 1.10 bits per heavy atom. The van der Waals surface area contributed by atoms with Gasteiger partial charge in [-0.2, -0.15) is 0 Å². The van der Waals surface area contributed by atoms with E-state index < -0.39 is 5.97 Å². The average Bonchev–Trinajstić information content (AvgIpc) is 3.19. The van der Waals surface area contributed by atoms with E-state index >= 15 is 0 Å². The van der Waals surface area contributed by atoms with Crippen LogP contribution in [0.2, 0.25) is 0 Å². The first kappa shape index (κ1) is 21.7. The molecule has 0 bridgehead atoms. The third-order valence-corrected chi connectivity index (χ3v) is 6.84. The maximum atomic E-state index is 12.5. The Bertz CT molecular complexity index is 861. The van der Waals surface area contributed by atoms with E-state index in [4.69, 9.17) is 14.2 Å². The van der Waals surface area contributed by atoms with Gasteiger partial charge in [-0.25, -0.2) is 9.48 Å². The van der Waals surface area contributed by atoms with Gasteiger partial charge in [-0.1, -0.05) is 36.6 Å². The van der Waals surface area contributed by atoms with Crippen molar-refractivity contribution in [3.63, 3.8) is 0 Å². The molecule has 0 atom stereocenters. The largest absolute Gasteiger partial charge is 0.497 e. The quantitative estimate of drug-likeness (QED) is 0.592. The summed E-state index contributed by atoms with van der Waals surface area (Å²) in [5.74, 6) is 0.724. The van der Waals surface area contributed by atoms with E-state index in [1.807, 2.05) is 24.3 Å². The van der Waals surface area contributed by atoms with Gasteiger partial charge < -0.3 is 14.2 Å². The lowest BCUT2D eigenvalue weighted by molar-refractivity contribution is 0.0424. The third kappa shape index (κ3) is 5.02. The van der Waals surface area contributed by atoms with Crippen LogP contribution in [0.25, 0.3) is 0 Å². The number of aromatic nitrogens is 3. The fourth-order valence-corrected chi connectivity index (χ4v) is 5.04. The van der Waals surface area contributed by atoms with Crippen molar-refractivity contribution in [3.8, 4) is 11.6 Å². The minimum atomic E-state index is -0.488. The molecule has 2 fully saturated rings. The fourth-order valence-electron chi connectivity index (χ4n) is 5.04. The molecule has 0 saturated heterocycles. The van der Waals surface area contributed by atoms with Gasteiger partial charge in [0.1, 0.15) is 11.9 Å². The Labute approximate surface area is 184 Å². The van der Waals surface area contributed by atoms with Crippen molar-refractivity contribution in [1.82, 2.24) is 15.0 Å². The third-order valence-electron chi connectivity index (χ3n) is 6.84. The summed E-state index contributed by atoms with van der Waals surface area (Å²) >= 11 is 0. The molecule has 1 aromatic heterocycles. The number of methoxy groups -OCH3 is 1. The predicted octanol–water partition coefficient (Wildman–Crippen LogP) is 4.78. The maximum Gasteiger partial charge on any atom is 0.364 e. The molecule has 7 heteroatoms. The summed E-state index contributed by atoms with van der Waals surface area (Å²) < 4.78 is 18.5. The number of hydrogen-bond acceptors (Lipinski definition) is 6. The SMILES string of the molecule is CCOC(=O)c1nnn(Cc2ccc(OC)cc2)c1OC1CCC2(CCCCC2)CC1. The van der Waals surface area contributed by atoms with Gasteiger partial charge in [-0.15, -0.1) is 5.10 Å². The van der Waals surface area contributed by atoms with Gasteiger partial charge in [-0.05, 0) is 68.6 Å². The Balaban J connectivity index is 1.50. The Hall–Kier alpha value is -2.57. The van der Waals surface area contributed by atoms with Crippen LogP contribution in [-0.2, 0) is 11.3 Å². The first-order valence-corrected chi connectivity index (χ1v) is 11.5. The summed E-state index contributed by atoms with van der Waals surface area (Å²) in [6.07, 6.45) is 11.3. The van der Waals surface area contributed by atoms with E-state index in [2.05, 4.69) is 10.3 Å². The Morgan fingerprint density at radius 3 is 2.45 bits per heavy atom. The second kappa shape index (κ2) is 9.71. The molecule has 2 aliphatic carbocycles. The van der Waals surface area contributed by atoms with Gasteiger partial charge in [0.05, 0.1) is 20.3 Å². The van der Waals surface area contributed by atoms with Crippen molar-refractivity contribution in [2.24, 2.45) is 5.41 Å². The van der Waals surface area contributed by atoms with Gasteiger partial charge in [0.15, 0.2) is 0 Å². The summed E-state index contributed by atoms with van der Waals surface area (Å²) in [5.41, 5.74) is 1.70. The van der Waals surface area contributed by atoms with Crippen molar-refractivity contribution in [3.05, 3.63) is 35.5 Å². The normalized spacial score (nSPS) is 18.6. The van der Waals surface area contributed by atoms with Crippen LogP contribution in [0.4, 0.5) is 0 Å². The molecule has 0 aliphatic heterocycles. The molecule has 0 N–H and O–H groups in total. The highest BCUT2D eigenvalue weighted by Gasteiger charge is 2.37. The average molecular weight is 428 g/mol. The molecule has 2 saturated carbocycles. The van der Waals surface area contributed by atoms with E-state index in [9.17, 15) is 4.79 Å². The molecule has 0 unspecified atom stereocenters. The minimum absolute atomic E-state index is 0.0776. The maximum absolute atomic E-state index is 12.5. The van der Waals surface area contributed by atoms with Crippen LogP contribution in [0.1, 0.15) is 80.8 Å². The molecule has 168 valence electrons. The molecule has 0 amide bonds. The summed E-state index contributed by atoms with van der Waals surface area (Å²) in [5, 5.41) is 8.32. The molecule has 4 rings (SSSR count). The molecular weight excluding hydrogens is 394 g/mol. The number of nitrogens with zero attached hydrogens (tertiary/aromatic N) is 3. The molecule has 31 heavy (non-hydrogen) atoms. The molecule has 1 heterocycles. The van der Waals surface area contributed by atoms with E-state index in [-0.39, 0.29) is 18.4 Å². The van der Waals surface area contributed by atoms with Crippen LogP contribution < -0.4 is 9.47 Å². The summed E-state index contributed by atoms with van der Waals surface area (Å²) in [6, 6.07) is 7.76. The first-order chi connectivity index (χ1) is 15.1. The second-order valence-corrected chi connectivity index (χ2v) is 8.85. The first-order valence-electron chi connectivity index (χ1n) is 11.5. The van der Waals surface area contributed by atoms with Crippen molar-refractivity contribution in [2.45, 2.75) is 77.4 Å². The van der Waals surface area contributed by atoms with E-state index in [0.29, 0.717) is 17.8 Å². The van der Waals surface area contributed by atoms with Crippen LogP contribution in [0.15, 0.2) is 24.3 Å². The lowest BCUT2D eigenvalue weighted by atomic mass is 9.65. The number of carbonyl (C=O) groups is 1. The molecule has 1 spiro atoms. The van der Waals surface area contributed by atoms with E-state index in [0.717, 1.165) is 24.2 Å². The number of benzene rings is 1. The monoisotopic (exact) mass is 427 g/mol. The zero-order chi connectivity index (χ0) is 21.7. The van der Waals surface area contributed by atoms with Gasteiger partial charge in [-0.3, -0.25) is 0 Å². The highest BCUT2D eigenvalue weighted by Crippen LogP contribution is 2.48. The van der Waals surface area contributed by atoms with Crippen LogP contribution >= 0.6 is 0 Å². The molecule has 7 nitrogen and oxygen atoms in total. The van der Waals surface area contributed by atoms with Crippen LogP contribution in [-0.4, -0.2) is 40.8 Å². The highest BCUT2D eigenvalue weighted by molar-refractivity contribution is 5.89. The number of esters is 1. The number of rotatable bonds is 7. The van der Waals surface area contributed by atoms with Crippen molar-refractivity contribution in [2.75, 3.05) is 13.7 Å². The zero-order valence-electron chi connectivity index (χ0n) is 18.6. The van der Waals surface area contributed by atoms with E-state index in [1.165, 1.54) is 44.9 Å². The molecule has 1 aromatic carbocycles. The smallest absolute Gasteiger partial charge is 0.364 e. The lowest BCUT2D eigenvalue weighted by Crippen LogP contribution is -2.34. The second-order valence-electron chi connectivity index (χ2n) is 8.85.